The minimum Gasteiger partial charge on any atom is -0.310 e. The molecule has 0 atom stereocenters. The van der Waals surface area contributed by atoms with E-state index < -0.39 is 5.41 Å². The first-order chi connectivity index (χ1) is 33.0. The van der Waals surface area contributed by atoms with E-state index in [2.05, 4.69) is 227 Å². The maximum absolute atomic E-state index is 2.79. The Balaban J connectivity index is 1.22. The van der Waals surface area contributed by atoms with E-state index in [-0.39, 0.29) is 17.5 Å². The van der Waals surface area contributed by atoms with Crippen molar-refractivity contribution in [1.29, 1.82) is 0 Å². The van der Waals surface area contributed by atoms with E-state index in [0.29, 0.717) is 0 Å². The maximum Gasteiger partial charge on any atom is 0.253 e. The number of fused-ring (bicyclic) bond motifs is 13. The van der Waals surface area contributed by atoms with Gasteiger partial charge in [-0.05, 0) is 131 Å². The molecule has 0 saturated heterocycles. The predicted molar refractivity (Wildman–Crippen MR) is 288 cm³/mol. The normalized spacial score (nSPS) is 14.5. The fraction of sp³-hybridized carbons (Fsp3) is 0.169. The number of hydrogen-bond acceptors (Lipinski definition) is 0. The topological polar surface area (TPSA) is 9.86 Å². The fourth-order valence-corrected chi connectivity index (χ4v) is 14.1. The molecule has 5 heterocycles. The summed E-state index contributed by atoms with van der Waals surface area (Å²) in [5.74, 6) is 0. The molecule has 3 heteroatoms. The molecular formula is C65H51BN2. The third-order valence-electron chi connectivity index (χ3n) is 16.0. The molecule has 2 nitrogen and oxygen atoms in total. The Labute approximate surface area is 398 Å². The van der Waals surface area contributed by atoms with Crippen molar-refractivity contribution >= 4 is 66.6 Å². The highest BCUT2D eigenvalue weighted by Crippen LogP contribution is 2.62. The molecule has 15 rings (SSSR count). The largest absolute Gasteiger partial charge is 0.310 e. The molecule has 1 spiro atoms. The van der Waals surface area contributed by atoms with Crippen LogP contribution in [0.15, 0.2) is 176 Å². The highest BCUT2D eigenvalue weighted by atomic mass is 15.1. The van der Waals surface area contributed by atoms with Gasteiger partial charge >= 0.3 is 0 Å². The van der Waals surface area contributed by atoms with Gasteiger partial charge in [0.2, 0.25) is 0 Å². The third-order valence-corrected chi connectivity index (χ3v) is 16.0. The molecule has 0 radical (unpaired) electrons. The zero-order chi connectivity index (χ0) is 45.6. The van der Waals surface area contributed by atoms with Gasteiger partial charge in [0.25, 0.3) is 6.71 Å². The predicted octanol–water partition coefficient (Wildman–Crippen LogP) is 14.2. The molecule has 4 aliphatic rings. The zero-order valence-corrected chi connectivity index (χ0v) is 39.6. The Morgan fingerprint density at radius 3 is 1.71 bits per heavy atom. The van der Waals surface area contributed by atoms with Gasteiger partial charge in [-0.15, -0.1) is 0 Å². The van der Waals surface area contributed by atoms with Crippen molar-refractivity contribution in [2.45, 2.75) is 59.8 Å². The smallest absolute Gasteiger partial charge is 0.253 e. The summed E-state index contributed by atoms with van der Waals surface area (Å²) in [4.78, 5) is 0. The van der Waals surface area contributed by atoms with Crippen LogP contribution in [0.4, 0.5) is 0 Å². The molecular weight excluding hydrogens is 820 g/mol. The first kappa shape index (κ1) is 38.7. The highest BCUT2D eigenvalue weighted by Gasteiger charge is 2.54. The number of hydrogen-bond donors (Lipinski definition) is 0. The van der Waals surface area contributed by atoms with Crippen LogP contribution in [0.5, 0.6) is 0 Å². The molecule has 0 unspecified atom stereocenters. The van der Waals surface area contributed by atoms with E-state index in [1.54, 1.807) is 0 Å². The Hall–Kier alpha value is -7.36. The summed E-state index contributed by atoms with van der Waals surface area (Å²) < 4.78 is 5.49. The van der Waals surface area contributed by atoms with Gasteiger partial charge in [-0.25, -0.2) is 0 Å². The first-order valence-electron chi connectivity index (χ1n) is 24.7. The molecule has 0 amide bonds. The molecule has 1 aliphatic carbocycles. The Kier molecular flexibility index (Phi) is 7.40. The number of benzene rings is 9. The van der Waals surface area contributed by atoms with Crippen LogP contribution in [0, 0.1) is 10.8 Å². The summed E-state index contributed by atoms with van der Waals surface area (Å²) in [6.07, 6.45) is 1.98. The van der Waals surface area contributed by atoms with Gasteiger partial charge in [0.1, 0.15) is 0 Å². The summed E-state index contributed by atoms with van der Waals surface area (Å²) >= 11 is 0. The van der Waals surface area contributed by atoms with Crippen molar-refractivity contribution in [3.63, 3.8) is 0 Å². The second-order valence-electron chi connectivity index (χ2n) is 22.8. The van der Waals surface area contributed by atoms with Crippen LogP contribution < -0.4 is 16.4 Å². The molecule has 9 aromatic carbocycles. The molecule has 0 N–H and O–H groups in total. The standard InChI is InChI=1S/C65H51BN2/c1-63(2,3)36-38-31-46-47-32-39(37-64(4,5)6)34-53-60(47)68-59(46)52(33-38)65(49-27-17-15-25-44(49)45-26-16-18-28-50(45)65)51-29-30-54-57(62(51)68)66(53)56-43-24-14-13-23-42(43)35-48-55(40-19-9-7-10-20-40)58(67(54)61(48)56)41-21-11-8-12-22-41/h7-35H,36-37H2,1-6H3. The van der Waals surface area contributed by atoms with Crippen LogP contribution >= 0.6 is 0 Å². The maximum atomic E-state index is 2.79. The van der Waals surface area contributed by atoms with E-state index in [1.807, 2.05) is 0 Å². The number of rotatable bonds is 4. The van der Waals surface area contributed by atoms with Gasteiger partial charge in [0.15, 0.2) is 0 Å². The van der Waals surface area contributed by atoms with Crippen molar-refractivity contribution in [3.8, 4) is 44.9 Å². The summed E-state index contributed by atoms with van der Waals surface area (Å²) in [6.45, 7) is 14.4. The van der Waals surface area contributed by atoms with E-state index in [9.17, 15) is 0 Å². The second-order valence-corrected chi connectivity index (χ2v) is 22.8. The van der Waals surface area contributed by atoms with Crippen molar-refractivity contribution < 1.29 is 0 Å². The van der Waals surface area contributed by atoms with Gasteiger partial charge in [0, 0.05) is 38.6 Å². The van der Waals surface area contributed by atoms with Crippen LogP contribution in [-0.2, 0) is 18.3 Å². The monoisotopic (exact) mass is 870 g/mol. The summed E-state index contributed by atoms with van der Waals surface area (Å²) in [5, 5.41) is 6.70. The van der Waals surface area contributed by atoms with E-state index in [0.717, 1.165) is 12.8 Å². The molecule has 0 bridgehead atoms. The minimum atomic E-state index is -0.535. The number of aromatic nitrogens is 2. The second kappa shape index (κ2) is 13.0. The van der Waals surface area contributed by atoms with Crippen molar-refractivity contribution in [2.24, 2.45) is 10.8 Å². The quantitative estimate of drug-likeness (QED) is 0.156. The summed E-state index contributed by atoms with van der Waals surface area (Å²) in [6, 6.07) is 68.4. The third kappa shape index (κ3) is 4.84. The lowest BCUT2D eigenvalue weighted by Gasteiger charge is -2.44. The SMILES string of the molecule is CC(C)(C)Cc1cc2c3c(c1)c1cc(CC(C)(C)C)cc4c1n3-c1c(ccc3c1B2c1c2ccccc2cc2c(-c5ccccc5)c(-c5ccccc5)n-3c12)C41c2ccccc2-c2ccccc21. The van der Waals surface area contributed by atoms with Crippen molar-refractivity contribution in [2.75, 3.05) is 0 Å². The van der Waals surface area contributed by atoms with Gasteiger partial charge in [0.05, 0.1) is 22.1 Å². The fourth-order valence-electron chi connectivity index (χ4n) is 14.1. The molecule has 0 saturated carbocycles. The molecule has 3 aliphatic heterocycles. The van der Waals surface area contributed by atoms with Gasteiger partial charge < -0.3 is 9.13 Å². The van der Waals surface area contributed by atoms with E-state index in [1.165, 1.54) is 138 Å². The van der Waals surface area contributed by atoms with Crippen molar-refractivity contribution in [3.05, 3.63) is 209 Å². The molecule has 324 valence electrons. The molecule has 2 aromatic heterocycles. The summed E-state index contributed by atoms with van der Waals surface area (Å²) in [7, 11) is 0. The Bertz CT molecular complexity index is 3990. The van der Waals surface area contributed by atoms with Gasteiger partial charge in [-0.2, -0.15) is 0 Å². The lowest BCUT2D eigenvalue weighted by Crippen LogP contribution is -2.60. The minimum absolute atomic E-state index is 0.0121. The highest BCUT2D eigenvalue weighted by molar-refractivity contribution is 7.01. The van der Waals surface area contributed by atoms with Crippen molar-refractivity contribution in [1.82, 2.24) is 9.13 Å². The Morgan fingerprint density at radius 2 is 1.03 bits per heavy atom. The Morgan fingerprint density at radius 1 is 0.441 bits per heavy atom. The average Bonchev–Trinajstić information content (AvgIpc) is 3.95. The van der Waals surface area contributed by atoms with Crippen LogP contribution in [0.3, 0.4) is 0 Å². The summed E-state index contributed by atoms with van der Waals surface area (Å²) in [5.41, 5.74) is 26.8. The first-order valence-corrected chi connectivity index (χ1v) is 24.7. The van der Waals surface area contributed by atoms with Crippen LogP contribution in [0.1, 0.15) is 74.9 Å². The molecule has 11 aromatic rings. The van der Waals surface area contributed by atoms with Crippen LogP contribution in [0.25, 0.3) is 88.4 Å². The average molecular weight is 871 g/mol. The lowest BCUT2D eigenvalue weighted by molar-refractivity contribution is 0.411. The lowest BCUT2D eigenvalue weighted by atomic mass is 9.33. The van der Waals surface area contributed by atoms with Crippen LogP contribution in [-0.4, -0.2) is 15.8 Å². The van der Waals surface area contributed by atoms with Crippen LogP contribution in [0.2, 0.25) is 0 Å². The van der Waals surface area contributed by atoms with E-state index >= 15 is 0 Å². The number of nitrogens with zero attached hydrogens (tertiary/aromatic N) is 2. The van der Waals surface area contributed by atoms with Gasteiger partial charge in [-0.3, -0.25) is 0 Å². The van der Waals surface area contributed by atoms with Gasteiger partial charge in [-0.1, -0.05) is 193 Å². The zero-order valence-electron chi connectivity index (χ0n) is 39.6. The van der Waals surface area contributed by atoms with E-state index in [4.69, 9.17) is 0 Å². The molecule has 0 fully saturated rings. The molecule has 68 heavy (non-hydrogen) atoms.